The van der Waals surface area contributed by atoms with Gasteiger partial charge in [-0.1, -0.05) is 24.3 Å². The SMILES string of the molecule is NS(=O)(=O)c1ccc(CCNC(=O)CCN2C(=O)c3ccccc3C2=O)cc1. The van der Waals surface area contributed by atoms with Crippen LogP contribution < -0.4 is 10.5 Å². The number of carbonyl (C=O) groups is 3. The number of nitrogens with one attached hydrogen (secondary N) is 1. The Morgan fingerprint density at radius 1 is 0.964 bits per heavy atom. The van der Waals surface area contributed by atoms with Crippen molar-refractivity contribution < 1.29 is 22.8 Å². The maximum Gasteiger partial charge on any atom is 0.261 e. The van der Waals surface area contributed by atoms with E-state index in [1.807, 2.05) is 0 Å². The average molecular weight is 401 g/mol. The number of rotatable bonds is 7. The summed E-state index contributed by atoms with van der Waals surface area (Å²) in [5.41, 5.74) is 1.56. The highest BCUT2D eigenvalue weighted by Gasteiger charge is 2.34. The predicted octanol–water partition coefficient (Wildman–Crippen LogP) is 0.679. The highest BCUT2D eigenvalue weighted by atomic mass is 32.2. The standard InChI is InChI=1S/C19H19N3O5S/c20-28(26,27)14-7-5-13(6-8-14)9-11-21-17(23)10-12-22-18(24)15-3-1-2-4-16(15)19(22)25/h1-8H,9-12H2,(H,21,23)(H2,20,26,27). The molecule has 8 nitrogen and oxygen atoms in total. The third kappa shape index (κ3) is 4.26. The monoisotopic (exact) mass is 401 g/mol. The summed E-state index contributed by atoms with van der Waals surface area (Å²) >= 11 is 0. The minimum atomic E-state index is -3.73. The lowest BCUT2D eigenvalue weighted by Gasteiger charge is -2.13. The molecule has 28 heavy (non-hydrogen) atoms. The van der Waals surface area contributed by atoms with Crippen molar-refractivity contribution in [1.82, 2.24) is 10.2 Å². The fourth-order valence-corrected chi connectivity index (χ4v) is 3.45. The van der Waals surface area contributed by atoms with Crippen LogP contribution in [0.25, 0.3) is 0 Å². The van der Waals surface area contributed by atoms with E-state index in [0.717, 1.165) is 10.5 Å². The lowest BCUT2D eigenvalue weighted by Crippen LogP contribution is -2.35. The molecular formula is C19H19N3O5S. The number of imide groups is 1. The number of carbonyl (C=O) groups excluding carboxylic acids is 3. The summed E-state index contributed by atoms with van der Waals surface area (Å²) in [7, 11) is -3.73. The first-order chi connectivity index (χ1) is 13.3. The van der Waals surface area contributed by atoms with Gasteiger partial charge in [-0.2, -0.15) is 0 Å². The van der Waals surface area contributed by atoms with Gasteiger partial charge in [-0.05, 0) is 36.2 Å². The van der Waals surface area contributed by atoms with Gasteiger partial charge < -0.3 is 5.32 Å². The van der Waals surface area contributed by atoms with E-state index in [1.54, 1.807) is 36.4 Å². The van der Waals surface area contributed by atoms with Crippen molar-refractivity contribution in [3.05, 3.63) is 65.2 Å². The van der Waals surface area contributed by atoms with Crippen molar-refractivity contribution in [3.63, 3.8) is 0 Å². The number of fused-ring (bicyclic) bond motifs is 1. The van der Waals surface area contributed by atoms with Crippen LogP contribution in [0.4, 0.5) is 0 Å². The molecule has 0 saturated carbocycles. The second-order valence-corrected chi connectivity index (χ2v) is 7.91. The fourth-order valence-electron chi connectivity index (χ4n) is 2.94. The van der Waals surface area contributed by atoms with E-state index in [-0.39, 0.29) is 35.6 Å². The first-order valence-corrected chi connectivity index (χ1v) is 10.2. The van der Waals surface area contributed by atoms with Gasteiger partial charge in [0.1, 0.15) is 0 Å². The van der Waals surface area contributed by atoms with Gasteiger partial charge in [0, 0.05) is 19.5 Å². The number of sulfonamides is 1. The fraction of sp³-hybridized carbons (Fsp3) is 0.211. The van der Waals surface area contributed by atoms with Crippen molar-refractivity contribution in [2.45, 2.75) is 17.7 Å². The largest absolute Gasteiger partial charge is 0.356 e. The average Bonchev–Trinajstić information content (AvgIpc) is 2.91. The Morgan fingerprint density at radius 2 is 1.54 bits per heavy atom. The molecule has 0 radical (unpaired) electrons. The molecule has 1 aliphatic rings. The van der Waals surface area contributed by atoms with Gasteiger partial charge in [0.15, 0.2) is 0 Å². The first-order valence-electron chi connectivity index (χ1n) is 8.61. The molecule has 3 N–H and O–H groups in total. The van der Waals surface area contributed by atoms with Crippen LogP contribution in [-0.2, 0) is 21.2 Å². The maximum absolute atomic E-state index is 12.2. The molecule has 3 rings (SSSR count). The van der Waals surface area contributed by atoms with Gasteiger partial charge in [-0.15, -0.1) is 0 Å². The van der Waals surface area contributed by atoms with Crippen LogP contribution >= 0.6 is 0 Å². The lowest BCUT2D eigenvalue weighted by atomic mass is 10.1. The third-order valence-electron chi connectivity index (χ3n) is 4.43. The van der Waals surface area contributed by atoms with E-state index in [1.165, 1.54) is 12.1 Å². The van der Waals surface area contributed by atoms with Gasteiger partial charge >= 0.3 is 0 Å². The van der Waals surface area contributed by atoms with Gasteiger partial charge in [0.2, 0.25) is 15.9 Å². The third-order valence-corrected chi connectivity index (χ3v) is 5.36. The van der Waals surface area contributed by atoms with Gasteiger partial charge in [-0.3, -0.25) is 19.3 Å². The van der Waals surface area contributed by atoms with Crippen LogP contribution in [0.2, 0.25) is 0 Å². The van der Waals surface area contributed by atoms with E-state index in [0.29, 0.717) is 24.1 Å². The van der Waals surface area contributed by atoms with Crippen molar-refractivity contribution in [2.75, 3.05) is 13.1 Å². The molecule has 2 aromatic carbocycles. The molecule has 0 spiro atoms. The summed E-state index contributed by atoms with van der Waals surface area (Å²) in [6, 6.07) is 12.7. The Labute approximate surface area is 162 Å². The molecule has 0 unspecified atom stereocenters. The molecule has 9 heteroatoms. The number of primary sulfonamides is 1. The van der Waals surface area contributed by atoms with Gasteiger partial charge in [0.05, 0.1) is 16.0 Å². The number of nitrogens with two attached hydrogens (primary N) is 1. The number of nitrogens with zero attached hydrogens (tertiary/aromatic N) is 1. The highest BCUT2D eigenvalue weighted by Crippen LogP contribution is 2.22. The van der Waals surface area contributed by atoms with E-state index < -0.39 is 10.0 Å². The number of hydrogen-bond donors (Lipinski definition) is 2. The maximum atomic E-state index is 12.2. The molecule has 1 heterocycles. The molecule has 1 aliphatic heterocycles. The summed E-state index contributed by atoms with van der Waals surface area (Å²) in [6.45, 7) is 0.358. The Kier molecular flexibility index (Phi) is 5.57. The summed E-state index contributed by atoms with van der Waals surface area (Å²) in [5, 5.41) is 7.76. The van der Waals surface area contributed by atoms with Crippen molar-refractivity contribution in [3.8, 4) is 0 Å². The second-order valence-electron chi connectivity index (χ2n) is 6.35. The van der Waals surface area contributed by atoms with E-state index >= 15 is 0 Å². The van der Waals surface area contributed by atoms with Crippen LogP contribution in [-0.4, -0.2) is 44.1 Å². The van der Waals surface area contributed by atoms with E-state index in [9.17, 15) is 22.8 Å². The second kappa shape index (κ2) is 7.91. The Hall–Kier alpha value is -3.04. The summed E-state index contributed by atoms with van der Waals surface area (Å²) in [4.78, 5) is 37.6. The minimum Gasteiger partial charge on any atom is -0.356 e. The molecule has 0 fully saturated rings. The number of hydrogen-bond acceptors (Lipinski definition) is 5. The van der Waals surface area contributed by atoms with Crippen LogP contribution in [0.5, 0.6) is 0 Å². The normalized spacial score (nSPS) is 13.5. The van der Waals surface area contributed by atoms with Crippen LogP contribution in [0, 0.1) is 0 Å². The molecular weight excluding hydrogens is 382 g/mol. The summed E-state index contributed by atoms with van der Waals surface area (Å²) in [6.07, 6.45) is 0.513. The van der Waals surface area contributed by atoms with Crippen LogP contribution in [0.3, 0.4) is 0 Å². The Morgan fingerprint density at radius 3 is 2.07 bits per heavy atom. The van der Waals surface area contributed by atoms with Gasteiger partial charge in [-0.25, -0.2) is 13.6 Å². The quantitative estimate of drug-likeness (QED) is 0.660. The zero-order valence-electron chi connectivity index (χ0n) is 14.9. The molecule has 0 atom stereocenters. The molecule has 0 saturated heterocycles. The molecule has 0 aromatic heterocycles. The smallest absolute Gasteiger partial charge is 0.261 e. The Balaban J connectivity index is 1.46. The Bertz CT molecular complexity index is 997. The van der Waals surface area contributed by atoms with E-state index in [2.05, 4.69) is 5.32 Å². The zero-order chi connectivity index (χ0) is 20.3. The minimum absolute atomic E-state index is 0.00975. The van der Waals surface area contributed by atoms with Crippen molar-refractivity contribution in [1.29, 1.82) is 0 Å². The summed E-state index contributed by atoms with van der Waals surface area (Å²) < 4.78 is 22.4. The van der Waals surface area contributed by atoms with Gasteiger partial charge in [0.25, 0.3) is 11.8 Å². The van der Waals surface area contributed by atoms with Crippen molar-refractivity contribution >= 4 is 27.7 Å². The number of amides is 3. The topological polar surface area (TPSA) is 127 Å². The molecule has 0 bridgehead atoms. The number of benzene rings is 2. The predicted molar refractivity (Wildman–Crippen MR) is 101 cm³/mol. The van der Waals surface area contributed by atoms with E-state index in [4.69, 9.17) is 5.14 Å². The lowest BCUT2D eigenvalue weighted by molar-refractivity contribution is -0.121. The molecule has 0 aliphatic carbocycles. The first kappa shape index (κ1) is 19.7. The molecule has 2 aromatic rings. The van der Waals surface area contributed by atoms with Crippen LogP contribution in [0.1, 0.15) is 32.7 Å². The summed E-state index contributed by atoms with van der Waals surface area (Å²) in [5.74, 6) is -1.05. The van der Waals surface area contributed by atoms with Crippen LogP contribution in [0.15, 0.2) is 53.4 Å². The van der Waals surface area contributed by atoms with Crippen molar-refractivity contribution in [2.24, 2.45) is 5.14 Å². The molecule has 3 amide bonds. The molecule has 146 valence electrons. The zero-order valence-corrected chi connectivity index (χ0v) is 15.7. The highest BCUT2D eigenvalue weighted by molar-refractivity contribution is 7.89.